The van der Waals surface area contributed by atoms with Crippen molar-refractivity contribution >= 4 is 46.5 Å². The maximum atomic E-state index is 13.1. The fraction of sp³-hybridized carbons (Fsp3) is 0.207. The van der Waals surface area contributed by atoms with Gasteiger partial charge in [0.15, 0.2) is 5.16 Å². The number of carbonyl (C=O) groups is 1. The van der Waals surface area contributed by atoms with Gasteiger partial charge < -0.3 is 19.9 Å². The molecule has 39 heavy (non-hydrogen) atoms. The highest BCUT2D eigenvalue weighted by atomic mass is 35.5. The van der Waals surface area contributed by atoms with E-state index in [2.05, 4.69) is 32.2 Å². The number of hydrogen-bond acceptors (Lipinski definition) is 7. The largest absolute Gasteiger partial charge is 0.497 e. The number of nitrogens with zero attached hydrogens (tertiary/aromatic N) is 4. The number of nitrogens with one attached hydrogen (secondary N) is 1. The topological polar surface area (TPSA) is 70.6 Å². The first kappa shape index (κ1) is 26.8. The van der Waals surface area contributed by atoms with Crippen LogP contribution in [0.25, 0.3) is 0 Å². The number of piperazine rings is 1. The number of methoxy groups -OCH3 is 1. The number of amides is 1. The van der Waals surface area contributed by atoms with Crippen LogP contribution in [0.5, 0.6) is 5.75 Å². The Balaban J connectivity index is 1.19. The highest BCUT2D eigenvalue weighted by molar-refractivity contribution is 7.98. The minimum absolute atomic E-state index is 0.261. The summed E-state index contributed by atoms with van der Waals surface area (Å²) in [6.07, 6.45) is 0. The van der Waals surface area contributed by atoms with E-state index in [4.69, 9.17) is 21.3 Å². The van der Waals surface area contributed by atoms with Crippen LogP contribution < -0.4 is 19.9 Å². The number of carbonyl (C=O) groups excluding carboxylic acids is 1. The number of benzene rings is 3. The molecule has 200 valence electrons. The lowest BCUT2D eigenvalue weighted by molar-refractivity contribution is 0.102. The monoisotopic (exact) mass is 563 g/mol. The number of halogens is 2. The Kier molecular flexibility index (Phi) is 8.48. The van der Waals surface area contributed by atoms with Gasteiger partial charge in [-0.05, 0) is 66.2 Å². The summed E-state index contributed by atoms with van der Waals surface area (Å²) >= 11 is 7.83. The molecule has 0 radical (unpaired) electrons. The maximum Gasteiger partial charge on any atom is 0.255 e. The van der Waals surface area contributed by atoms with E-state index in [0.717, 1.165) is 43.3 Å². The Labute approximate surface area is 236 Å². The standard InChI is InChI=1S/C29H27ClFN5O2S/c1-38-25-11-9-24(10-12-25)35-13-15-36(16-14-35)27-18-26(30)33-29(34-27)39-19-20-3-2-4-21(17-20)28(37)32-23-7-5-22(31)6-8-23/h2-12,17-18H,13-16,19H2,1H3,(H,32,37). The van der Waals surface area contributed by atoms with Crippen molar-refractivity contribution in [3.8, 4) is 5.75 Å². The molecule has 0 saturated carbocycles. The number of rotatable bonds is 8. The molecule has 7 nitrogen and oxygen atoms in total. The van der Waals surface area contributed by atoms with E-state index < -0.39 is 0 Å². The lowest BCUT2D eigenvalue weighted by Crippen LogP contribution is -2.46. The summed E-state index contributed by atoms with van der Waals surface area (Å²) in [5.74, 6) is 1.61. The van der Waals surface area contributed by atoms with Crippen molar-refractivity contribution in [1.29, 1.82) is 0 Å². The van der Waals surface area contributed by atoms with Crippen LogP contribution in [0.2, 0.25) is 5.15 Å². The molecule has 0 aliphatic carbocycles. The third kappa shape index (κ3) is 6.99. The summed E-state index contributed by atoms with van der Waals surface area (Å²) in [5, 5.41) is 3.76. The van der Waals surface area contributed by atoms with Gasteiger partial charge in [-0.25, -0.2) is 14.4 Å². The Morgan fingerprint density at radius 2 is 1.69 bits per heavy atom. The molecule has 5 rings (SSSR count). The van der Waals surface area contributed by atoms with Gasteiger partial charge in [-0.2, -0.15) is 0 Å². The molecule has 1 saturated heterocycles. The molecule has 1 aliphatic rings. The summed E-state index contributed by atoms with van der Waals surface area (Å²) in [6.45, 7) is 3.36. The SMILES string of the molecule is COc1ccc(N2CCN(c3cc(Cl)nc(SCc4cccc(C(=O)Nc5ccc(F)cc5)c4)n3)CC2)cc1. The van der Waals surface area contributed by atoms with Gasteiger partial charge in [0.25, 0.3) is 5.91 Å². The molecule has 2 heterocycles. The Morgan fingerprint density at radius 1 is 0.974 bits per heavy atom. The van der Waals surface area contributed by atoms with Gasteiger partial charge in [0.2, 0.25) is 0 Å². The summed E-state index contributed by atoms with van der Waals surface area (Å²) in [7, 11) is 1.67. The van der Waals surface area contributed by atoms with Crippen molar-refractivity contribution in [2.45, 2.75) is 10.9 Å². The van der Waals surface area contributed by atoms with Crippen LogP contribution >= 0.6 is 23.4 Å². The maximum absolute atomic E-state index is 13.1. The summed E-state index contributed by atoms with van der Waals surface area (Å²) < 4.78 is 18.4. The van der Waals surface area contributed by atoms with E-state index in [9.17, 15) is 9.18 Å². The molecular weight excluding hydrogens is 537 g/mol. The number of anilines is 3. The van der Waals surface area contributed by atoms with Gasteiger partial charge in [0.1, 0.15) is 22.5 Å². The Morgan fingerprint density at radius 3 is 2.41 bits per heavy atom. The zero-order valence-corrected chi connectivity index (χ0v) is 22.9. The molecule has 1 aromatic heterocycles. The van der Waals surface area contributed by atoms with Crippen molar-refractivity contribution < 1.29 is 13.9 Å². The van der Waals surface area contributed by atoms with Crippen molar-refractivity contribution in [1.82, 2.24) is 9.97 Å². The molecular formula is C29H27ClFN5O2S. The first-order valence-electron chi connectivity index (χ1n) is 12.4. The quantitative estimate of drug-likeness (QED) is 0.157. The van der Waals surface area contributed by atoms with Crippen LogP contribution in [0.3, 0.4) is 0 Å². The molecule has 0 spiro atoms. The second-order valence-electron chi connectivity index (χ2n) is 8.95. The number of ether oxygens (including phenoxy) is 1. The fourth-order valence-electron chi connectivity index (χ4n) is 4.29. The number of aromatic nitrogens is 2. The van der Waals surface area contributed by atoms with E-state index in [1.807, 2.05) is 30.3 Å². The minimum Gasteiger partial charge on any atom is -0.497 e. The van der Waals surface area contributed by atoms with Gasteiger partial charge in [0.05, 0.1) is 7.11 Å². The number of hydrogen-bond donors (Lipinski definition) is 1. The first-order valence-corrected chi connectivity index (χ1v) is 13.8. The van der Waals surface area contributed by atoms with E-state index in [1.165, 1.54) is 41.7 Å². The highest BCUT2D eigenvalue weighted by Crippen LogP contribution is 2.27. The van der Waals surface area contributed by atoms with Crippen LogP contribution in [0.15, 0.2) is 84.0 Å². The smallest absolute Gasteiger partial charge is 0.255 e. The normalized spacial score (nSPS) is 13.3. The second-order valence-corrected chi connectivity index (χ2v) is 10.3. The Hall–Kier alpha value is -3.82. The van der Waals surface area contributed by atoms with Crippen LogP contribution in [-0.2, 0) is 5.75 Å². The van der Waals surface area contributed by atoms with Crippen molar-refractivity contribution in [3.63, 3.8) is 0 Å². The van der Waals surface area contributed by atoms with Crippen molar-refractivity contribution in [2.24, 2.45) is 0 Å². The average molecular weight is 564 g/mol. The molecule has 1 aliphatic heterocycles. The van der Waals surface area contributed by atoms with Crippen LogP contribution in [0.4, 0.5) is 21.6 Å². The second kappa shape index (κ2) is 12.4. The predicted octanol–water partition coefficient (Wildman–Crippen LogP) is 6.15. The van der Waals surface area contributed by atoms with Crippen molar-refractivity contribution in [2.75, 3.05) is 48.4 Å². The predicted molar refractivity (Wildman–Crippen MR) is 155 cm³/mol. The summed E-state index contributed by atoms with van der Waals surface area (Å²) in [6, 6.07) is 22.9. The number of thioether (sulfide) groups is 1. The summed E-state index contributed by atoms with van der Waals surface area (Å²) in [5.41, 5.74) is 3.16. The molecule has 0 atom stereocenters. The van der Waals surface area contributed by atoms with Crippen LogP contribution in [-0.4, -0.2) is 49.2 Å². The Bertz CT molecular complexity index is 1430. The lowest BCUT2D eigenvalue weighted by Gasteiger charge is -2.36. The fourth-order valence-corrected chi connectivity index (χ4v) is 5.31. The van der Waals surface area contributed by atoms with Gasteiger partial charge in [-0.1, -0.05) is 35.5 Å². The zero-order valence-electron chi connectivity index (χ0n) is 21.3. The molecule has 0 bridgehead atoms. The third-order valence-corrected chi connectivity index (χ3v) is 7.47. The molecule has 4 aromatic rings. The zero-order chi connectivity index (χ0) is 27.2. The van der Waals surface area contributed by atoms with Crippen molar-refractivity contribution in [3.05, 3.63) is 101 Å². The average Bonchev–Trinajstić information content (AvgIpc) is 2.97. The van der Waals surface area contributed by atoms with Gasteiger partial charge in [0, 0.05) is 54.9 Å². The first-order chi connectivity index (χ1) is 19.0. The van der Waals surface area contributed by atoms with E-state index in [0.29, 0.717) is 27.3 Å². The molecule has 10 heteroatoms. The molecule has 1 amide bonds. The van der Waals surface area contributed by atoms with Gasteiger partial charge in [-0.15, -0.1) is 0 Å². The van der Waals surface area contributed by atoms with E-state index in [-0.39, 0.29) is 11.7 Å². The van der Waals surface area contributed by atoms with Crippen LogP contribution in [0, 0.1) is 5.82 Å². The van der Waals surface area contributed by atoms with E-state index >= 15 is 0 Å². The molecule has 1 N–H and O–H groups in total. The third-order valence-electron chi connectivity index (χ3n) is 6.36. The lowest BCUT2D eigenvalue weighted by atomic mass is 10.1. The molecule has 3 aromatic carbocycles. The highest BCUT2D eigenvalue weighted by Gasteiger charge is 2.20. The van der Waals surface area contributed by atoms with Gasteiger partial charge in [-0.3, -0.25) is 4.79 Å². The van der Waals surface area contributed by atoms with E-state index in [1.54, 1.807) is 19.2 Å². The minimum atomic E-state index is -0.353. The van der Waals surface area contributed by atoms with Gasteiger partial charge >= 0.3 is 0 Å². The van der Waals surface area contributed by atoms with Crippen LogP contribution in [0.1, 0.15) is 15.9 Å². The molecule has 1 fully saturated rings. The summed E-state index contributed by atoms with van der Waals surface area (Å²) in [4.78, 5) is 26.4. The molecule has 0 unspecified atom stereocenters.